The van der Waals surface area contributed by atoms with Crippen LogP contribution in [0.15, 0.2) is 0 Å². The van der Waals surface area contributed by atoms with Crippen LogP contribution in [0.25, 0.3) is 0 Å². The van der Waals surface area contributed by atoms with Crippen molar-refractivity contribution in [1.29, 1.82) is 0 Å². The van der Waals surface area contributed by atoms with E-state index in [1.54, 1.807) is 13.8 Å². The molecule has 1 fully saturated rings. The van der Waals surface area contributed by atoms with Crippen LogP contribution in [0, 0.1) is 11.8 Å². The number of nitrogens with two attached hydrogens (primary N) is 2. The SMILES string of the molecule is CC(=O)CC(=O)C(C)(N)C1CCC(C(C)(N)C(=O)CC(C)=O)CC1. The summed E-state index contributed by atoms with van der Waals surface area (Å²) in [5.74, 6) is -0.897. The maximum absolute atomic E-state index is 12.2. The van der Waals surface area contributed by atoms with Crippen molar-refractivity contribution in [3.8, 4) is 0 Å². The summed E-state index contributed by atoms with van der Waals surface area (Å²) in [7, 11) is 0. The minimum Gasteiger partial charge on any atom is -0.319 e. The summed E-state index contributed by atoms with van der Waals surface area (Å²) in [6.45, 7) is 6.13. The second kappa shape index (κ2) is 7.66. The molecule has 0 radical (unpaired) electrons. The van der Waals surface area contributed by atoms with E-state index >= 15 is 0 Å². The van der Waals surface area contributed by atoms with Crippen molar-refractivity contribution in [1.82, 2.24) is 0 Å². The molecule has 4 N–H and O–H groups in total. The van der Waals surface area contributed by atoms with Crippen molar-refractivity contribution in [2.24, 2.45) is 23.3 Å². The van der Waals surface area contributed by atoms with E-state index in [0.717, 1.165) is 0 Å². The maximum Gasteiger partial charge on any atom is 0.159 e. The first-order valence-electron chi connectivity index (χ1n) is 8.52. The molecule has 2 atom stereocenters. The third kappa shape index (κ3) is 4.80. The minimum absolute atomic E-state index is 0.0284. The molecule has 0 bridgehead atoms. The van der Waals surface area contributed by atoms with Crippen LogP contribution >= 0.6 is 0 Å². The second-order valence-corrected chi connectivity index (χ2v) is 7.72. The Balaban J connectivity index is 2.72. The molecule has 0 spiro atoms. The topological polar surface area (TPSA) is 120 Å². The third-order valence-corrected chi connectivity index (χ3v) is 5.44. The third-order valence-electron chi connectivity index (χ3n) is 5.44. The fraction of sp³-hybridized carbons (Fsp3) is 0.778. The second-order valence-electron chi connectivity index (χ2n) is 7.72. The molecule has 0 aromatic rings. The lowest BCUT2D eigenvalue weighted by Gasteiger charge is -2.42. The number of rotatable bonds is 8. The summed E-state index contributed by atoms with van der Waals surface area (Å²) >= 11 is 0. The van der Waals surface area contributed by atoms with Gasteiger partial charge in [0.15, 0.2) is 11.6 Å². The van der Waals surface area contributed by atoms with E-state index in [0.29, 0.717) is 25.7 Å². The maximum atomic E-state index is 12.2. The van der Waals surface area contributed by atoms with Crippen molar-refractivity contribution in [3.05, 3.63) is 0 Å². The predicted molar refractivity (Wildman–Crippen MR) is 91.2 cm³/mol. The molecular weight excluding hydrogens is 308 g/mol. The van der Waals surface area contributed by atoms with Crippen LogP contribution in [0.1, 0.15) is 66.2 Å². The zero-order chi connectivity index (χ0) is 18.7. The summed E-state index contributed by atoms with van der Waals surface area (Å²) in [4.78, 5) is 46.8. The molecule has 1 saturated carbocycles. The fourth-order valence-corrected chi connectivity index (χ4v) is 3.58. The summed E-state index contributed by atoms with van der Waals surface area (Å²) in [5.41, 5.74) is 10.4. The van der Waals surface area contributed by atoms with Crippen molar-refractivity contribution in [3.63, 3.8) is 0 Å². The molecule has 24 heavy (non-hydrogen) atoms. The normalized spacial score (nSPS) is 26.1. The highest BCUT2D eigenvalue weighted by atomic mass is 16.2. The summed E-state index contributed by atoms with van der Waals surface area (Å²) in [6, 6.07) is 0. The van der Waals surface area contributed by atoms with Crippen molar-refractivity contribution < 1.29 is 19.2 Å². The number of carbonyl (C=O) groups excluding carboxylic acids is 4. The van der Waals surface area contributed by atoms with E-state index in [2.05, 4.69) is 0 Å². The van der Waals surface area contributed by atoms with E-state index in [1.165, 1.54) is 13.8 Å². The van der Waals surface area contributed by atoms with E-state index < -0.39 is 11.1 Å². The molecule has 0 aromatic carbocycles. The van der Waals surface area contributed by atoms with Crippen LogP contribution in [0.2, 0.25) is 0 Å². The average Bonchev–Trinajstić information content (AvgIpc) is 2.45. The van der Waals surface area contributed by atoms with Crippen molar-refractivity contribution in [2.75, 3.05) is 0 Å². The molecule has 6 heteroatoms. The number of Topliss-reactive ketones (excluding diaryl/α,β-unsaturated/α-hetero) is 4. The van der Waals surface area contributed by atoms with Gasteiger partial charge in [0.05, 0.1) is 23.9 Å². The fourth-order valence-electron chi connectivity index (χ4n) is 3.58. The Kier molecular flexibility index (Phi) is 6.59. The lowest BCUT2D eigenvalue weighted by molar-refractivity contribution is -0.133. The summed E-state index contributed by atoms with van der Waals surface area (Å²) in [5, 5.41) is 0. The first-order valence-corrected chi connectivity index (χ1v) is 8.52. The van der Waals surface area contributed by atoms with E-state index in [9.17, 15) is 19.2 Å². The molecule has 0 heterocycles. The summed E-state index contributed by atoms with van der Waals surface area (Å²) in [6.07, 6.45) is 2.45. The van der Waals surface area contributed by atoms with Gasteiger partial charge < -0.3 is 11.5 Å². The molecule has 136 valence electrons. The van der Waals surface area contributed by atoms with Gasteiger partial charge in [0.2, 0.25) is 0 Å². The largest absolute Gasteiger partial charge is 0.319 e. The van der Waals surface area contributed by atoms with Gasteiger partial charge in [0, 0.05) is 0 Å². The Morgan fingerprint density at radius 3 is 1.21 bits per heavy atom. The van der Waals surface area contributed by atoms with Crippen LogP contribution < -0.4 is 11.5 Å². The standard InChI is InChI=1S/C18H30N2O4/c1-11(21)9-15(23)17(3,19)13-5-7-14(8-6-13)18(4,20)16(24)10-12(2)22/h13-14H,5-10,19-20H2,1-4H3. The first-order chi connectivity index (χ1) is 10.9. The van der Waals surface area contributed by atoms with Crippen LogP contribution in [-0.2, 0) is 19.2 Å². The quantitative estimate of drug-likeness (QED) is 0.644. The number of hydrogen-bond donors (Lipinski definition) is 2. The van der Waals surface area contributed by atoms with Crippen LogP contribution in [0.4, 0.5) is 0 Å². The lowest BCUT2D eigenvalue weighted by atomic mass is 9.65. The molecule has 1 rings (SSSR count). The Bertz CT molecular complexity index is 481. The molecule has 1 aliphatic carbocycles. The highest BCUT2D eigenvalue weighted by molar-refractivity contribution is 6.03. The van der Waals surface area contributed by atoms with E-state index in [-0.39, 0.29) is 47.8 Å². The van der Waals surface area contributed by atoms with Gasteiger partial charge in [-0.05, 0) is 65.2 Å². The Hall–Kier alpha value is -1.40. The molecule has 0 aliphatic heterocycles. The average molecular weight is 338 g/mol. The van der Waals surface area contributed by atoms with Crippen LogP contribution in [-0.4, -0.2) is 34.2 Å². The van der Waals surface area contributed by atoms with Crippen molar-refractivity contribution >= 4 is 23.1 Å². The van der Waals surface area contributed by atoms with Gasteiger partial charge in [-0.3, -0.25) is 19.2 Å². The van der Waals surface area contributed by atoms with Crippen LogP contribution in [0.3, 0.4) is 0 Å². The van der Waals surface area contributed by atoms with E-state index in [1.807, 2.05) is 0 Å². The smallest absolute Gasteiger partial charge is 0.159 e. The molecule has 1 aliphatic rings. The van der Waals surface area contributed by atoms with Gasteiger partial charge in [-0.2, -0.15) is 0 Å². The number of hydrogen-bond acceptors (Lipinski definition) is 6. The number of carbonyl (C=O) groups is 4. The molecule has 0 amide bonds. The lowest BCUT2D eigenvalue weighted by Crippen LogP contribution is -2.56. The van der Waals surface area contributed by atoms with Gasteiger partial charge >= 0.3 is 0 Å². The zero-order valence-electron chi connectivity index (χ0n) is 15.2. The van der Waals surface area contributed by atoms with Gasteiger partial charge in [-0.25, -0.2) is 0 Å². The summed E-state index contributed by atoms with van der Waals surface area (Å²) < 4.78 is 0. The first kappa shape index (κ1) is 20.6. The number of ketones is 4. The minimum atomic E-state index is -1.04. The van der Waals surface area contributed by atoms with E-state index in [4.69, 9.17) is 11.5 Å². The van der Waals surface area contributed by atoms with Crippen LogP contribution in [0.5, 0.6) is 0 Å². The molecule has 6 nitrogen and oxygen atoms in total. The molecule has 0 saturated heterocycles. The highest BCUT2D eigenvalue weighted by Crippen LogP contribution is 2.39. The van der Waals surface area contributed by atoms with Gasteiger partial charge in [-0.1, -0.05) is 0 Å². The molecule has 2 unspecified atom stereocenters. The molecular formula is C18H30N2O4. The Labute approximate surface area is 143 Å². The van der Waals surface area contributed by atoms with Gasteiger partial charge in [-0.15, -0.1) is 0 Å². The predicted octanol–water partition coefficient (Wildman–Crippen LogP) is 1.32. The monoisotopic (exact) mass is 338 g/mol. The van der Waals surface area contributed by atoms with Gasteiger partial charge in [0.1, 0.15) is 11.6 Å². The van der Waals surface area contributed by atoms with Gasteiger partial charge in [0.25, 0.3) is 0 Å². The highest BCUT2D eigenvalue weighted by Gasteiger charge is 2.44. The zero-order valence-corrected chi connectivity index (χ0v) is 15.2. The Morgan fingerprint density at radius 1 is 0.750 bits per heavy atom. The Morgan fingerprint density at radius 2 is 1.00 bits per heavy atom. The van der Waals surface area contributed by atoms with Crippen molar-refractivity contribution in [2.45, 2.75) is 77.3 Å². The molecule has 0 aromatic heterocycles.